The monoisotopic (exact) mass is 261 g/mol. The Morgan fingerprint density at radius 3 is 2.84 bits per heavy atom. The van der Waals surface area contributed by atoms with E-state index in [2.05, 4.69) is 20.4 Å². The van der Waals surface area contributed by atoms with Gasteiger partial charge in [-0.25, -0.2) is 4.98 Å². The second-order valence-corrected chi connectivity index (χ2v) is 4.81. The van der Waals surface area contributed by atoms with Crippen molar-refractivity contribution in [3.05, 3.63) is 34.1 Å². The number of rotatable bonds is 4. The van der Waals surface area contributed by atoms with Crippen molar-refractivity contribution in [1.82, 2.24) is 19.7 Å². The molecule has 6 heteroatoms. The summed E-state index contributed by atoms with van der Waals surface area (Å²) in [5, 5.41) is 7.51. The van der Waals surface area contributed by atoms with Gasteiger partial charge in [0.1, 0.15) is 11.6 Å². The summed E-state index contributed by atoms with van der Waals surface area (Å²) >= 11 is 0. The highest BCUT2D eigenvalue weighted by atomic mass is 16.1. The van der Waals surface area contributed by atoms with E-state index in [9.17, 15) is 4.79 Å². The Hall–Kier alpha value is -2.11. The minimum Gasteiger partial charge on any atom is -0.337 e. The molecular weight excluding hydrogens is 242 g/mol. The molecule has 0 spiro atoms. The fourth-order valence-corrected chi connectivity index (χ4v) is 1.85. The van der Waals surface area contributed by atoms with Gasteiger partial charge < -0.3 is 10.3 Å². The van der Waals surface area contributed by atoms with E-state index in [0.717, 1.165) is 17.8 Å². The third-order valence-electron chi connectivity index (χ3n) is 2.81. The topological polar surface area (TPSA) is 75.6 Å². The Bertz CT molecular complexity index is 626. The first-order valence-electron chi connectivity index (χ1n) is 6.40. The fraction of sp³-hybridized carbons (Fsp3) is 0.462. The van der Waals surface area contributed by atoms with E-state index in [1.807, 2.05) is 34.0 Å². The maximum absolute atomic E-state index is 11.6. The summed E-state index contributed by atoms with van der Waals surface area (Å²) in [6.45, 7) is 6.02. The zero-order valence-corrected chi connectivity index (χ0v) is 11.7. The number of nitrogens with one attached hydrogen (secondary N) is 2. The van der Waals surface area contributed by atoms with Gasteiger partial charge in [0.05, 0.1) is 11.4 Å². The van der Waals surface area contributed by atoms with Crippen LogP contribution >= 0.6 is 0 Å². The summed E-state index contributed by atoms with van der Waals surface area (Å²) in [5.74, 6) is 1.40. The summed E-state index contributed by atoms with van der Waals surface area (Å²) in [6, 6.07) is 1.46. The first-order valence-corrected chi connectivity index (χ1v) is 6.40. The molecule has 0 amide bonds. The highest BCUT2D eigenvalue weighted by Crippen LogP contribution is 2.19. The van der Waals surface area contributed by atoms with Crippen LogP contribution in [0.5, 0.6) is 0 Å². The Kier molecular flexibility index (Phi) is 3.69. The molecule has 0 bridgehead atoms. The first kappa shape index (κ1) is 13.3. The molecule has 0 fully saturated rings. The number of aromatic amines is 1. The number of aryl methyl sites for hydroxylation is 2. The predicted octanol–water partition coefficient (Wildman–Crippen LogP) is 1.93. The third kappa shape index (κ3) is 3.01. The molecule has 0 aliphatic carbocycles. The molecule has 2 aromatic heterocycles. The van der Waals surface area contributed by atoms with Gasteiger partial charge in [-0.15, -0.1) is 0 Å². The van der Waals surface area contributed by atoms with Crippen LogP contribution in [0.25, 0.3) is 0 Å². The molecular formula is C13H19N5O. The molecule has 2 rings (SSSR count). The molecule has 6 nitrogen and oxygen atoms in total. The van der Waals surface area contributed by atoms with E-state index in [1.165, 1.54) is 6.07 Å². The summed E-state index contributed by atoms with van der Waals surface area (Å²) in [4.78, 5) is 18.8. The first-order chi connectivity index (χ1) is 8.99. The number of hydrogen-bond acceptors (Lipinski definition) is 4. The van der Waals surface area contributed by atoms with Crippen LogP contribution in [0.15, 0.2) is 17.1 Å². The van der Waals surface area contributed by atoms with E-state index >= 15 is 0 Å². The molecule has 0 radical (unpaired) electrons. The summed E-state index contributed by atoms with van der Waals surface area (Å²) in [6.07, 6.45) is 2.71. The minimum atomic E-state index is -0.150. The molecule has 2 N–H and O–H groups in total. The molecule has 0 atom stereocenters. The summed E-state index contributed by atoms with van der Waals surface area (Å²) < 4.78 is 1.75. The van der Waals surface area contributed by atoms with Crippen LogP contribution in [0.3, 0.4) is 0 Å². The van der Waals surface area contributed by atoms with Gasteiger partial charge in [-0.05, 0) is 6.42 Å². The van der Waals surface area contributed by atoms with Gasteiger partial charge in [0.2, 0.25) is 0 Å². The highest BCUT2D eigenvalue weighted by molar-refractivity contribution is 5.57. The number of aromatic nitrogens is 4. The molecule has 19 heavy (non-hydrogen) atoms. The van der Waals surface area contributed by atoms with Crippen molar-refractivity contribution in [2.45, 2.75) is 33.1 Å². The number of H-pyrrole nitrogens is 1. The van der Waals surface area contributed by atoms with Crippen molar-refractivity contribution in [1.29, 1.82) is 0 Å². The normalized spacial score (nSPS) is 11.0. The third-order valence-corrected chi connectivity index (χ3v) is 2.81. The molecule has 102 valence electrons. The summed E-state index contributed by atoms with van der Waals surface area (Å²) in [7, 11) is 1.87. The highest BCUT2D eigenvalue weighted by Gasteiger charge is 2.09. The van der Waals surface area contributed by atoms with Crippen molar-refractivity contribution in [2.24, 2.45) is 7.05 Å². The smallest absolute Gasteiger partial charge is 0.252 e. The van der Waals surface area contributed by atoms with Crippen molar-refractivity contribution in [2.75, 3.05) is 5.32 Å². The number of anilines is 2. The van der Waals surface area contributed by atoms with Crippen molar-refractivity contribution in [3.8, 4) is 0 Å². The van der Waals surface area contributed by atoms with Crippen LogP contribution in [0.1, 0.15) is 38.2 Å². The molecule has 0 aliphatic rings. The molecule has 0 unspecified atom stereocenters. The van der Waals surface area contributed by atoms with Gasteiger partial charge in [0.15, 0.2) is 0 Å². The lowest BCUT2D eigenvalue weighted by molar-refractivity contribution is 0.746. The van der Waals surface area contributed by atoms with E-state index in [4.69, 9.17) is 0 Å². The lowest BCUT2D eigenvalue weighted by atomic mass is 10.2. The molecule has 2 heterocycles. The Labute approximate surface area is 111 Å². The van der Waals surface area contributed by atoms with Crippen molar-refractivity contribution < 1.29 is 0 Å². The predicted molar refractivity (Wildman–Crippen MR) is 74.8 cm³/mol. The second-order valence-electron chi connectivity index (χ2n) is 4.81. The van der Waals surface area contributed by atoms with Crippen molar-refractivity contribution in [3.63, 3.8) is 0 Å². The van der Waals surface area contributed by atoms with E-state index < -0.39 is 0 Å². The lowest BCUT2D eigenvalue weighted by Crippen LogP contribution is -2.13. The molecule has 0 aromatic carbocycles. The standard InChI is InChI=1S/C13H19N5O/c1-5-9-10(7-18(4)17-9)14-11-6-12(19)16-13(15-11)8(2)3/h6-8H,5H2,1-4H3,(H2,14,15,16,19). The number of nitrogens with zero attached hydrogens (tertiary/aromatic N) is 3. The Morgan fingerprint density at radius 1 is 1.47 bits per heavy atom. The molecule has 0 aliphatic heterocycles. The van der Waals surface area contributed by atoms with E-state index in [1.54, 1.807) is 4.68 Å². The lowest BCUT2D eigenvalue weighted by Gasteiger charge is -2.08. The SMILES string of the molecule is CCc1nn(C)cc1Nc1cc(=O)[nH]c(C(C)C)n1. The average molecular weight is 261 g/mol. The van der Waals surface area contributed by atoms with Crippen LogP contribution in [0, 0.1) is 0 Å². The van der Waals surface area contributed by atoms with Crippen LogP contribution in [0.4, 0.5) is 11.5 Å². The largest absolute Gasteiger partial charge is 0.337 e. The van der Waals surface area contributed by atoms with E-state index in [0.29, 0.717) is 11.6 Å². The Morgan fingerprint density at radius 2 is 2.21 bits per heavy atom. The maximum atomic E-state index is 11.6. The van der Waals surface area contributed by atoms with Gasteiger partial charge in [-0.2, -0.15) is 5.10 Å². The van der Waals surface area contributed by atoms with Gasteiger partial charge in [-0.3, -0.25) is 9.48 Å². The van der Waals surface area contributed by atoms with Crippen molar-refractivity contribution >= 4 is 11.5 Å². The van der Waals surface area contributed by atoms with Crippen LogP contribution in [-0.2, 0) is 13.5 Å². The zero-order valence-electron chi connectivity index (χ0n) is 11.7. The van der Waals surface area contributed by atoms with E-state index in [-0.39, 0.29) is 11.5 Å². The fourth-order valence-electron chi connectivity index (χ4n) is 1.85. The van der Waals surface area contributed by atoms with Gasteiger partial charge in [-0.1, -0.05) is 20.8 Å². The average Bonchev–Trinajstić information content (AvgIpc) is 2.68. The molecule has 2 aromatic rings. The maximum Gasteiger partial charge on any atom is 0.252 e. The van der Waals surface area contributed by atoms with Gasteiger partial charge >= 0.3 is 0 Å². The van der Waals surface area contributed by atoms with Gasteiger partial charge in [0.25, 0.3) is 5.56 Å². The Balaban J connectivity index is 2.35. The second kappa shape index (κ2) is 5.26. The van der Waals surface area contributed by atoms with Gasteiger partial charge in [0, 0.05) is 25.2 Å². The molecule has 0 saturated carbocycles. The van der Waals surface area contributed by atoms with Crippen LogP contribution in [-0.4, -0.2) is 19.7 Å². The summed E-state index contributed by atoms with van der Waals surface area (Å²) in [5.41, 5.74) is 1.69. The number of hydrogen-bond donors (Lipinski definition) is 2. The van der Waals surface area contributed by atoms with Crippen LogP contribution in [0.2, 0.25) is 0 Å². The quantitative estimate of drug-likeness (QED) is 0.881. The minimum absolute atomic E-state index is 0.150. The van der Waals surface area contributed by atoms with Crippen LogP contribution < -0.4 is 10.9 Å². The molecule has 0 saturated heterocycles. The zero-order chi connectivity index (χ0) is 14.0.